The first kappa shape index (κ1) is 12.7. The van der Waals surface area contributed by atoms with Crippen molar-refractivity contribution in [2.45, 2.75) is 26.7 Å². The standard InChI is InChI=1S/C10H17NO3/c1-4-8(5-2)6-9(11-7-12)10(13)14-3/h6-8H,4-5H2,1-3H3,(H,11,12)/b9-6+. The molecule has 0 unspecified atom stereocenters. The molecule has 0 fully saturated rings. The highest BCUT2D eigenvalue weighted by atomic mass is 16.5. The van der Waals surface area contributed by atoms with Crippen molar-refractivity contribution in [1.82, 2.24) is 5.32 Å². The number of amides is 1. The van der Waals surface area contributed by atoms with E-state index >= 15 is 0 Å². The van der Waals surface area contributed by atoms with Gasteiger partial charge >= 0.3 is 5.97 Å². The van der Waals surface area contributed by atoms with Crippen LogP contribution < -0.4 is 5.32 Å². The zero-order chi connectivity index (χ0) is 11.0. The molecule has 1 amide bonds. The molecule has 0 aliphatic rings. The Morgan fingerprint density at radius 1 is 1.43 bits per heavy atom. The third-order valence-electron chi connectivity index (χ3n) is 2.07. The minimum absolute atomic E-state index is 0.219. The molecule has 80 valence electrons. The second-order valence-electron chi connectivity index (χ2n) is 2.91. The number of hydrogen-bond donors (Lipinski definition) is 1. The van der Waals surface area contributed by atoms with Gasteiger partial charge in [0.15, 0.2) is 0 Å². The van der Waals surface area contributed by atoms with Gasteiger partial charge in [-0.25, -0.2) is 4.79 Å². The van der Waals surface area contributed by atoms with Gasteiger partial charge in [-0.05, 0) is 18.8 Å². The molecular weight excluding hydrogens is 182 g/mol. The van der Waals surface area contributed by atoms with E-state index in [0.29, 0.717) is 6.41 Å². The van der Waals surface area contributed by atoms with Gasteiger partial charge in [0.1, 0.15) is 5.70 Å². The van der Waals surface area contributed by atoms with Crippen LogP contribution in [0.2, 0.25) is 0 Å². The molecule has 0 rings (SSSR count). The molecule has 0 atom stereocenters. The number of hydrogen-bond acceptors (Lipinski definition) is 3. The Morgan fingerprint density at radius 3 is 2.36 bits per heavy atom. The fraction of sp³-hybridized carbons (Fsp3) is 0.600. The van der Waals surface area contributed by atoms with Crippen molar-refractivity contribution in [2.24, 2.45) is 5.92 Å². The minimum Gasteiger partial charge on any atom is -0.464 e. The van der Waals surface area contributed by atoms with Crippen LogP contribution >= 0.6 is 0 Å². The molecule has 0 saturated heterocycles. The summed E-state index contributed by atoms with van der Waals surface area (Å²) in [5, 5.41) is 2.34. The summed E-state index contributed by atoms with van der Waals surface area (Å²) in [6.45, 7) is 4.06. The summed E-state index contributed by atoms with van der Waals surface area (Å²) in [5.74, 6) is -0.222. The van der Waals surface area contributed by atoms with Gasteiger partial charge in [-0.1, -0.05) is 19.9 Å². The number of ether oxygens (including phenoxy) is 1. The van der Waals surface area contributed by atoms with E-state index in [0.717, 1.165) is 12.8 Å². The molecule has 0 aromatic rings. The molecule has 0 spiro atoms. The Labute approximate surface area is 84.3 Å². The molecule has 14 heavy (non-hydrogen) atoms. The highest BCUT2D eigenvalue weighted by Gasteiger charge is 2.10. The summed E-state index contributed by atoms with van der Waals surface area (Å²) in [4.78, 5) is 21.4. The predicted octanol–water partition coefficient (Wildman–Crippen LogP) is 1.23. The quantitative estimate of drug-likeness (QED) is 0.397. The van der Waals surface area contributed by atoms with Crippen LogP contribution in [0.4, 0.5) is 0 Å². The largest absolute Gasteiger partial charge is 0.464 e. The van der Waals surface area contributed by atoms with Gasteiger partial charge in [-0.2, -0.15) is 0 Å². The van der Waals surface area contributed by atoms with Crippen molar-refractivity contribution in [3.05, 3.63) is 11.8 Å². The Kier molecular flexibility index (Phi) is 6.45. The molecule has 0 aliphatic carbocycles. The van der Waals surface area contributed by atoms with Crippen LogP contribution in [-0.2, 0) is 14.3 Å². The molecule has 1 N–H and O–H groups in total. The van der Waals surface area contributed by atoms with Gasteiger partial charge in [0.2, 0.25) is 6.41 Å². The molecule has 0 saturated carbocycles. The first-order valence-electron chi connectivity index (χ1n) is 4.69. The smallest absolute Gasteiger partial charge is 0.354 e. The van der Waals surface area contributed by atoms with Gasteiger partial charge in [-0.15, -0.1) is 0 Å². The van der Waals surface area contributed by atoms with Crippen LogP contribution in [0, 0.1) is 5.92 Å². The van der Waals surface area contributed by atoms with E-state index in [1.54, 1.807) is 6.08 Å². The molecule has 0 radical (unpaired) electrons. The average molecular weight is 199 g/mol. The van der Waals surface area contributed by atoms with E-state index in [-0.39, 0.29) is 11.6 Å². The molecule has 0 aromatic heterocycles. The number of nitrogens with one attached hydrogen (secondary N) is 1. The minimum atomic E-state index is -0.510. The highest BCUT2D eigenvalue weighted by molar-refractivity contribution is 5.90. The summed E-state index contributed by atoms with van der Waals surface area (Å²) in [6, 6.07) is 0. The average Bonchev–Trinajstić information content (AvgIpc) is 2.23. The van der Waals surface area contributed by atoms with Crippen LogP contribution in [0.25, 0.3) is 0 Å². The van der Waals surface area contributed by atoms with Crippen LogP contribution in [0.1, 0.15) is 26.7 Å². The molecular formula is C10H17NO3. The van der Waals surface area contributed by atoms with E-state index < -0.39 is 5.97 Å². The molecule has 0 heterocycles. The zero-order valence-corrected chi connectivity index (χ0v) is 8.87. The monoisotopic (exact) mass is 199 g/mol. The third-order valence-corrected chi connectivity index (χ3v) is 2.07. The third kappa shape index (κ3) is 4.07. The van der Waals surface area contributed by atoms with Crippen LogP contribution in [0.3, 0.4) is 0 Å². The van der Waals surface area contributed by atoms with E-state index in [1.807, 2.05) is 13.8 Å². The predicted molar refractivity (Wildman–Crippen MR) is 53.4 cm³/mol. The molecule has 4 heteroatoms. The van der Waals surface area contributed by atoms with Crippen LogP contribution in [-0.4, -0.2) is 19.5 Å². The van der Waals surface area contributed by atoms with E-state index in [1.165, 1.54) is 7.11 Å². The van der Waals surface area contributed by atoms with Crippen LogP contribution in [0.5, 0.6) is 0 Å². The number of carbonyl (C=O) groups excluding carboxylic acids is 2. The maximum absolute atomic E-state index is 11.2. The highest BCUT2D eigenvalue weighted by Crippen LogP contribution is 2.11. The number of allylic oxidation sites excluding steroid dienone is 1. The SMILES string of the molecule is CCC(/C=C(/NC=O)C(=O)OC)CC. The van der Waals surface area contributed by atoms with Crippen molar-refractivity contribution in [3.63, 3.8) is 0 Å². The van der Waals surface area contributed by atoms with Crippen molar-refractivity contribution >= 4 is 12.4 Å². The second kappa shape index (κ2) is 7.12. The summed E-state index contributed by atoms with van der Waals surface area (Å²) >= 11 is 0. The summed E-state index contributed by atoms with van der Waals surface area (Å²) < 4.78 is 4.53. The Morgan fingerprint density at radius 2 is 2.00 bits per heavy atom. The zero-order valence-electron chi connectivity index (χ0n) is 8.87. The van der Waals surface area contributed by atoms with E-state index in [9.17, 15) is 9.59 Å². The first-order chi connectivity index (χ1) is 6.69. The molecule has 0 aromatic carbocycles. The van der Waals surface area contributed by atoms with Gasteiger partial charge in [0.05, 0.1) is 7.11 Å². The molecule has 0 aliphatic heterocycles. The van der Waals surface area contributed by atoms with Gasteiger partial charge < -0.3 is 10.1 Å². The van der Waals surface area contributed by atoms with E-state index in [2.05, 4.69) is 10.1 Å². The second-order valence-corrected chi connectivity index (χ2v) is 2.91. The van der Waals surface area contributed by atoms with Crippen molar-refractivity contribution < 1.29 is 14.3 Å². The van der Waals surface area contributed by atoms with Gasteiger partial charge in [0, 0.05) is 0 Å². The first-order valence-corrected chi connectivity index (χ1v) is 4.69. The number of carbonyl (C=O) groups is 2. The summed E-state index contributed by atoms with van der Waals surface area (Å²) in [7, 11) is 1.29. The lowest BCUT2D eigenvalue weighted by Crippen LogP contribution is -2.21. The lowest BCUT2D eigenvalue weighted by atomic mass is 10.0. The van der Waals surface area contributed by atoms with Gasteiger partial charge in [-0.3, -0.25) is 4.79 Å². The number of esters is 1. The number of rotatable bonds is 6. The Bertz CT molecular complexity index is 219. The lowest BCUT2D eigenvalue weighted by Gasteiger charge is -2.09. The van der Waals surface area contributed by atoms with Crippen LogP contribution in [0.15, 0.2) is 11.8 Å². The molecule has 4 nitrogen and oxygen atoms in total. The fourth-order valence-electron chi connectivity index (χ4n) is 1.11. The summed E-state index contributed by atoms with van der Waals surface area (Å²) in [5.41, 5.74) is 0.219. The van der Waals surface area contributed by atoms with E-state index in [4.69, 9.17) is 0 Å². The van der Waals surface area contributed by atoms with Crippen molar-refractivity contribution in [3.8, 4) is 0 Å². The normalized spacial score (nSPS) is 11.3. The Hall–Kier alpha value is -1.32. The van der Waals surface area contributed by atoms with Crippen molar-refractivity contribution in [1.29, 1.82) is 0 Å². The van der Waals surface area contributed by atoms with Gasteiger partial charge in [0.25, 0.3) is 0 Å². The molecule has 0 bridgehead atoms. The lowest BCUT2D eigenvalue weighted by molar-refractivity contribution is -0.137. The van der Waals surface area contributed by atoms with Crippen molar-refractivity contribution in [2.75, 3.05) is 7.11 Å². The number of methoxy groups -OCH3 is 1. The maximum Gasteiger partial charge on any atom is 0.354 e. The maximum atomic E-state index is 11.2. The topological polar surface area (TPSA) is 55.4 Å². The summed E-state index contributed by atoms with van der Waals surface area (Å²) in [6.07, 6.45) is 4.07. The fourth-order valence-corrected chi connectivity index (χ4v) is 1.11. The Balaban J connectivity index is 4.59.